The lowest BCUT2D eigenvalue weighted by Crippen LogP contribution is -2.36. The summed E-state index contributed by atoms with van der Waals surface area (Å²) in [5.41, 5.74) is -0.616. The summed E-state index contributed by atoms with van der Waals surface area (Å²) >= 11 is 5.33. The number of carbonyl (C=O) groups excluding carboxylic acids is 1. The molecule has 108 valence electrons. The van der Waals surface area contributed by atoms with Gasteiger partial charge in [0, 0.05) is 6.61 Å². The normalized spacial score (nSPS) is 14.4. The van der Waals surface area contributed by atoms with Crippen molar-refractivity contribution in [1.29, 1.82) is 0 Å². The fourth-order valence-corrected chi connectivity index (χ4v) is 1.47. The average Bonchev–Trinajstić information content (AvgIpc) is 2.14. The van der Waals surface area contributed by atoms with Crippen molar-refractivity contribution in [1.82, 2.24) is 0 Å². The fraction of sp³-hybridized carbons (Fsp3) is 0.923. The maximum Gasteiger partial charge on any atom is 0.336 e. The van der Waals surface area contributed by atoms with Crippen molar-refractivity contribution in [3.63, 3.8) is 0 Å². The van der Waals surface area contributed by atoms with E-state index in [1.807, 2.05) is 34.6 Å². The Balaban J connectivity index is 4.10. The minimum Gasteiger partial charge on any atom is -0.447 e. The van der Waals surface area contributed by atoms with Gasteiger partial charge in [-0.3, -0.25) is 0 Å². The van der Waals surface area contributed by atoms with E-state index in [1.54, 1.807) is 6.92 Å². The van der Waals surface area contributed by atoms with Gasteiger partial charge < -0.3 is 14.2 Å². The molecule has 0 rings (SSSR count). The Morgan fingerprint density at radius 1 is 1.22 bits per heavy atom. The first kappa shape index (κ1) is 17.7. The van der Waals surface area contributed by atoms with E-state index in [0.717, 1.165) is 0 Å². The zero-order chi connectivity index (χ0) is 14.4. The van der Waals surface area contributed by atoms with E-state index < -0.39 is 17.7 Å². The van der Waals surface area contributed by atoms with Crippen LogP contribution in [0.5, 0.6) is 0 Å². The van der Waals surface area contributed by atoms with Crippen LogP contribution in [0.15, 0.2) is 0 Å². The van der Waals surface area contributed by atoms with Gasteiger partial charge in [-0.15, -0.1) is 0 Å². The SMILES string of the molecule is CC(OC(C)(C)CCOC(C)(C)C)C(=O)OCCl. The predicted octanol–water partition coefficient (Wildman–Crippen LogP) is 3.11. The highest BCUT2D eigenvalue weighted by atomic mass is 35.5. The van der Waals surface area contributed by atoms with Gasteiger partial charge in [-0.2, -0.15) is 0 Å². The van der Waals surface area contributed by atoms with Crippen molar-refractivity contribution < 1.29 is 19.0 Å². The molecule has 18 heavy (non-hydrogen) atoms. The molecule has 5 heteroatoms. The second-order valence-corrected chi connectivity index (χ2v) is 6.02. The van der Waals surface area contributed by atoms with Gasteiger partial charge in [-0.05, 0) is 48.0 Å². The summed E-state index contributed by atoms with van der Waals surface area (Å²) in [6.07, 6.45) is 0.0661. The number of rotatable bonds is 7. The average molecular weight is 281 g/mol. The van der Waals surface area contributed by atoms with Crippen LogP contribution in [0.25, 0.3) is 0 Å². The van der Waals surface area contributed by atoms with Crippen LogP contribution < -0.4 is 0 Å². The minimum absolute atomic E-state index is 0.153. The minimum atomic E-state index is -0.631. The van der Waals surface area contributed by atoms with Gasteiger partial charge in [0.15, 0.2) is 12.2 Å². The summed E-state index contributed by atoms with van der Waals surface area (Å²) in [6, 6.07) is -0.153. The van der Waals surface area contributed by atoms with Crippen LogP contribution in [0.4, 0.5) is 0 Å². The number of halogens is 1. The number of ether oxygens (including phenoxy) is 3. The van der Waals surface area contributed by atoms with E-state index in [0.29, 0.717) is 13.0 Å². The molecule has 0 aliphatic rings. The van der Waals surface area contributed by atoms with E-state index in [-0.39, 0.29) is 11.7 Å². The van der Waals surface area contributed by atoms with Crippen molar-refractivity contribution >= 4 is 17.6 Å². The van der Waals surface area contributed by atoms with Crippen LogP contribution in [0, 0.1) is 0 Å². The monoisotopic (exact) mass is 280 g/mol. The Hall–Kier alpha value is -0.320. The predicted molar refractivity (Wildman–Crippen MR) is 71.8 cm³/mol. The third kappa shape index (κ3) is 8.72. The third-order valence-electron chi connectivity index (χ3n) is 2.26. The zero-order valence-corrected chi connectivity index (χ0v) is 13.0. The van der Waals surface area contributed by atoms with E-state index >= 15 is 0 Å². The maximum atomic E-state index is 11.4. The van der Waals surface area contributed by atoms with Crippen molar-refractivity contribution in [2.24, 2.45) is 0 Å². The molecule has 0 spiro atoms. The van der Waals surface area contributed by atoms with Gasteiger partial charge in [0.25, 0.3) is 0 Å². The van der Waals surface area contributed by atoms with E-state index in [9.17, 15) is 4.79 Å². The number of carbonyl (C=O) groups is 1. The molecule has 1 unspecified atom stereocenters. The lowest BCUT2D eigenvalue weighted by Gasteiger charge is -2.29. The molecule has 0 aromatic carbocycles. The molecule has 0 fully saturated rings. The summed E-state index contributed by atoms with van der Waals surface area (Å²) in [5, 5.41) is 0. The van der Waals surface area contributed by atoms with Crippen LogP contribution in [0.2, 0.25) is 0 Å². The van der Waals surface area contributed by atoms with Crippen LogP contribution in [-0.4, -0.2) is 35.9 Å². The molecule has 0 saturated carbocycles. The first-order valence-electron chi connectivity index (χ1n) is 6.12. The van der Waals surface area contributed by atoms with Crippen LogP contribution >= 0.6 is 11.6 Å². The highest BCUT2D eigenvalue weighted by molar-refractivity contribution is 6.17. The Kier molecular flexibility index (Phi) is 7.18. The van der Waals surface area contributed by atoms with Crippen molar-refractivity contribution in [2.75, 3.05) is 12.7 Å². The van der Waals surface area contributed by atoms with Gasteiger partial charge in [-0.1, -0.05) is 11.6 Å². The molecule has 0 aromatic heterocycles. The zero-order valence-electron chi connectivity index (χ0n) is 12.2. The van der Waals surface area contributed by atoms with E-state index in [4.69, 9.17) is 21.1 Å². The van der Waals surface area contributed by atoms with Crippen LogP contribution in [0.3, 0.4) is 0 Å². The number of hydrogen-bond acceptors (Lipinski definition) is 4. The molecule has 0 saturated heterocycles. The quantitative estimate of drug-likeness (QED) is 0.531. The molecule has 0 bridgehead atoms. The summed E-state index contributed by atoms with van der Waals surface area (Å²) in [4.78, 5) is 11.4. The van der Waals surface area contributed by atoms with Gasteiger partial charge >= 0.3 is 5.97 Å². The smallest absolute Gasteiger partial charge is 0.336 e. The summed E-state index contributed by atoms with van der Waals surface area (Å²) < 4.78 is 16.0. The number of alkyl halides is 1. The first-order chi connectivity index (χ1) is 8.07. The molecule has 0 heterocycles. The Labute approximate surface area is 115 Å². The molecule has 0 radical (unpaired) electrons. The molecule has 0 amide bonds. The number of hydrogen-bond donors (Lipinski definition) is 0. The lowest BCUT2D eigenvalue weighted by atomic mass is 10.1. The molecule has 4 nitrogen and oxygen atoms in total. The largest absolute Gasteiger partial charge is 0.447 e. The van der Waals surface area contributed by atoms with Crippen molar-refractivity contribution in [3.8, 4) is 0 Å². The second-order valence-electron chi connectivity index (χ2n) is 5.80. The second kappa shape index (κ2) is 7.31. The summed E-state index contributed by atoms with van der Waals surface area (Å²) in [7, 11) is 0. The molecular formula is C13H25ClO4. The van der Waals surface area contributed by atoms with Crippen LogP contribution in [0.1, 0.15) is 48.0 Å². The standard InChI is InChI=1S/C13H25ClO4/c1-10(11(15)16-9-14)18-13(5,6)7-8-17-12(2,3)4/h10H,7-9H2,1-6H3. The Morgan fingerprint density at radius 2 is 1.78 bits per heavy atom. The Bertz CT molecular complexity index is 258. The molecule has 0 aliphatic carbocycles. The summed E-state index contributed by atoms with van der Waals surface area (Å²) in [5.74, 6) is -0.449. The number of esters is 1. The topological polar surface area (TPSA) is 44.8 Å². The van der Waals surface area contributed by atoms with Crippen molar-refractivity contribution in [3.05, 3.63) is 0 Å². The van der Waals surface area contributed by atoms with E-state index in [1.165, 1.54) is 0 Å². The Morgan fingerprint density at radius 3 is 2.22 bits per heavy atom. The van der Waals surface area contributed by atoms with Gasteiger partial charge in [0.1, 0.15) is 0 Å². The van der Waals surface area contributed by atoms with Gasteiger partial charge in [-0.25, -0.2) is 4.79 Å². The van der Waals surface area contributed by atoms with Crippen LogP contribution in [-0.2, 0) is 19.0 Å². The van der Waals surface area contributed by atoms with E-state index in [2.05, 4.69) is 4.74 Å². The molecule has 0 aliphatic heterocycles. The molecule has 0 aromatic rings. The molecule has 1 atom stereocenters. The molecule has 0 N–H and O–H groups in total. The summed E-state index contributed by atoms with van der Waals surface area (Å²) in [6.45, 7) is 12.1. The fourth-order valence-electron chi connectivity index (χ4n) is 1.36. The lowest BCUT2D eigenvalue weighted by molar-refractivity contribution is -0.166. The third-order valence-corrected chi connectivity index (χ3v) is 2.37. The van der Waals surface area contributed by atoms with Gasteiger partial charge in [0.05, 0.1) is 11.2 Å². The molecular weight excluding hydrogens is 256 g/mol. The maximum absolute atomic E-state index is 11.4. The van der Waals surface area contributed by atoms with Gasteiger partial charge in [0.2, 0.25) is 0 Å². The first-order valence-corrected chi connectivity index (χ1v) is 6.65. The highest BCUT2D eigenvalue weighted by Crippen LogP contribution is 2.19. The highest BCUT2D eigenvalue weighted by Gasteiger charge is 2.26. The van der Waals surface area contributed by atoms with Crippen molar-refractivity contribution in [2.45, 2.75) is 65.3 Å².